The molecule has 0 unspecified atom stereocenters. The fraction of sp³-hybridized carbons (Fsp3) is 0.111. The van der Waals surface area contributed by atoms with E-state index in [0.717, 1.165) is 33.5 Å². The highest BCUT2D eigenvalue weighted by atomic mass is 79.9. The summed E-state index contributed by atoms with van der Waals surface area (Å²) in [6, 6.07) is 8.97. The highest BCUT2D eigenvalue weighted by Gasteiger charge is 2.35. The summed E-state index contributed by atoms with van der Waals surface area (Å²) in [5.41, 5.74) is 2.31. The third-order valence-electron chi connectivity index (χ3n) is 4.06. The predicted octanol–water partition coefficient (Wildman–Crippen LogP) is 5.74. The Bertz CT molecular complexity index is 1190. The van der Waals surface area contributed by atoms with Crippen LogP contribution >= 0.6 is 38.9 Å². The lowest BCUT2D eigenvalue weighted by Crippen LogP contribution is -2.36. The standard InChI is InChI=1S/C18H14BrClFN3O4S2/c1-10(11-3-2-4-12(19)5-11)23-15-7-14(21)16(6-13(15)20)30(27,28)24(18(25)26)17-8-29-9-22-17/h2-10,23H,1H3,(H,25,26)/t10-/m1/s1. The first-order chi connectivity index (χ1) is 14.1. The van der Waals surface area contributed by atoms with E-state index >= 15 is 0 Å². The van der Waals surface area contributed by atoms with E-state index in [1.807, 2.05) is 31.2 Å². The maximum absolute atomic E-state index is 14.8. The van der Waals surface area contributed by atoms with Crippen LogP contribution in [0.1, 0.15) is 18.5 Å². The van der Waals surface area contributed by atoms with Gasteiger partial charge >= 0.3 is 6.09 Å². The average Bonchev–Trinajstić information content (AvgIpc) is 3.17. The third-order valence-corrected chi connectivity index (χ3v) is 7.13. The van der Waals surface area contributed by atoms with Crippen molar-refractivity contribution in [3.8, 4) is 0 Å². The molecule has 0 spiro atoms. The van der Waals surface area contributed by atoms with E-state index in [9.17, 15) is 22.7 Å². The van der Waals surface area contributed by atoms with Crippen LogP contribution < -0.4 is 9.62 Å². The van der Waals surface area contributed by atoms with Crippen LogP contribution in [0.15, 0.2) is 56.7 Å². The fourth-order valence-electron chi connectivity index (χ4n) is 2.66. The maximum atomic E-state index is 14.8. The van der Waals surface area contributed by atoms with Gasteiger partial charge in [0.15, 0.2) is 5.82 Å². The van der Waals surface area contributed by atoms with Crippen LogP contribution in [0.2, 0.25) is 5.02 Å². The predicted molar refractivity (Wildman–Crippen MR) is 117 cm³/mol. The molecule has 7 nitrogen and oxygen atoms in total. The van der Waals surface area contributed by atoms with Gasteiger partial charge in [0.05, 0.1) is 16.2 Å². The van der Waals surface area contributed by atoms with Crippen molar-refractivity contribution in [2.75, 3.05) is 9.62 Å². The molecule has 30 heavy (non-hydrogen) atoms. The van der Waals surface area contributed by atoms with E-state index in [4.69, 9.17) is 11.6 Å². The molecular weight excluding hydrogens is 521 g/mol. The number of hydrogen-bond donors (Lipinski definition) is 2. The minimum absolute atomic E-state index is 0.00939. The zero-order valence-electron chi connectivity index (χ0n) is 15.2. The maximum Gasteiger partial charge on any atom is 0.427 e. The number of thiazole rings is 1. The van der Waals surface area contributed by atoms with Gasteiger partial charge in [0.1, 0.15) is 10.7 Å². The Hall–Kier alpha value is -2.21. The largest absolute Gasteiger partial charge is 0.464 e. The lowest BCUT2D eigenvalue weighted by atomic mass is 10.1. The smallest absolute Gasteiger partial charge is 0.427 e. The van der Waals surface area contributed by atoms with Crippen molar-refractivity contribution < 1.29 is 22.7 Å². The van der Waals surface area contributed by atoms with E-state index in [1.165, 1.54) is 10.9 Å². The second-order valence-corrected chi connectivity index (χ2v) is 9.88. The minimum Gasteiger partial charge on any atom is -0.464 e. The topological polar surface area (TPSA) is 99.6 Å². The number of sulfonamides is 1. The lowest BCUT2D eigenvalue weighted by molar-refractivity contribution is 0.206. The number of rotatable bonds is 6. The number of nitrogens with one attached hydrogen (secondary N) is 1. The fourth-order valence-corrected chi connectivity index (χ4v) is 5.26. The molecule has 2 N–H and O–H groups in total. The summed E-state index contributed by atoms with van der Waals surface area (Å²) < 4.78 is 41.3. The summed E-state index contributed by atoms with van der Waals surface area (Å²) >= 11 is 10.6. The first-order valence-electron chi connectivity index (χ1n) is 8.28. The van der Waals surface area contributed by atoms with Gasteiger partial charge in [0.2, 0.25) is 0 Å². The average molecular weight is 535 g/mol. The van der Waals surface area contributed by atoms with Crippen LogP contribution in [0, 0.1) is 5.82 Å². The van der Waals surface area contributed by atoms with E-state index in [1.54, 1.807) is 0 Å². The van der Waals surface area contributed by atoms with Gasteiger partial charge in [0.25, 0.3) is 10.0 Å². The molecule has 0 radical (unpaired) electrons. The van der Waals surface area contributed by atoms with Crippen molar-refractivity contribution in [3.63, 3.8) is 0 Å². The molecule has 158 valence electrons. The Morgan fingerprint density at radius 3 is 2.70 bits per heavy atom. The van der Waals surface area contributed by atoms with Crippen molar-refractivity contribution in [1.82, 2.24) is 4.98 Å². The SMILES string of the molecule is C[C@@H](Nc1cc(F)c(S(=O)(=O)N(C(=O)O)c2cscn2)cc1Cl)c1cccc(Br)c1. The van der Waals surface area contributed by atoms with Crippen LogP contribution in [0.25, 0.3) is 0 Å². The van der Waals surface area contributed by atoms with E-state index in [2.05, 4.69) is 26.2 Å². The number of carbonyl (C=O) groups is 1. The molecule has 0 aliphatic rings. The van der Waals surface area contributed by atoms with Gasteiger partial charge in [-0.05, 0) is 36.8 Å². The monoisotopic (exact) mass is 533 g/mol. The van der Waals surface area contributed by atoms with Gasteiger partial charge in [-0.3, -0.25) is 0 Å². The number of hydrogen-bond acceptors (Lipinski definition) is 6. The Kier molecular flexibility index (Phi) is 6.65. The second-order valence-electron chi connectivity index (χ2n) is 6.08. The van der Waals surface area contributed by atoms with Gasteiger partial charge in [-0.15, -0.1) is 15.6 Å². The Morgan fingerprint density at radius 1 is 1.37 bits per heavy atom. The molecule has 1 atom stereocenters. The van der Waals surface area contributed by atoms with Crippen molar-refractivity contribution in [2.45, 2.75) is 17.9 Å². The van der Waals surface area contributed by atoms with Crippen LogP contribution in [0.4, 0.5) is 20.7 Å². The molecule has 0 aliphatic heterocycles. The lowest BCUT2D eigenvalue weighted by Gasteiger charge is -2.20. The normalized spacial score (nSPS) is 12.4. The highest BCUT2D eigenvalue weighted by Crippen LogP contribution is 2.33. The Labute approximate surface area is 189 Å². The number of benzene rings is 2. The van der Waals surface area contributed by atoms with Gasteiger partial charge < -0.3 is 10.4 Å². The zero-order valence-corrected chi connectivity index (χ0v) is 19.2. The van der Waals surface area contributed by atoms with E-state index in [-0.39, 0.29) is 26.9 Å². The number of aromatic nitrogens is 1. The van der Waals surface area contributed by atoms with Gasteiger partial charge in [0, 0.05) is 15.9 Å². The summed E-state index contributed by atoms with van der Waals surface area (Å²) in [6.45, 7) is 1.83. The first-order valence-corrected chi connectivity index (χ1v) is 11.8. The Morgan fingerprint density at radius 2 is 2.10 bits per heavy atom. The van der Waals surface area contributed by atoms with Gasteiger partial charge in [-0.25, -0.2) is 22.6 Å². The molecule has 3 rings (SSSR count). The molecule has 0 fully saturated rings. The molecule has 0 bridgehead atoms. The molecule has 1 aromatic heterocycles. The van der Waals surface area contributed by atoms with Crippen LogP contribution in [0.5, 0.6) is 0 Å². The zero-order chi connectivity index (χ0) is 22.1. The first kappa shape index (κ1) is 22.5. The molecule has 0 saturated heterocycles. The number of anilines is 2. The van der Waals surface area contributed by atoms with Crippen LogP contribution in [0.3, 0.4) is 0 Å². The van der Waals surface area contributed by atoms with E-state index < -0.39 is 26.8 Å². The summed E-state index contributed by atoms with van der Waals surface area (Å²) in [4.78, 5) is 14.4. The molecule has 0 saturated carbocycles. The highest BCUT2D eigenvalue weighted by molar-refractivity contribution is 9.10. The van der Waals surface area contributed by atoms with Gasteiger partial charge in [-0.1, -0.05) is 39.7 Å². The van der Waals surface area contributed by atoms with Crippen molar-refractivity contribution >= 4 is 66.5 Å². The molecule has 2 aromatic carbocycles. The molecule has 0 aliphatic carbocycles. The minimum atomic E-state index is -4.79. The molecule has 3 aromatic rings. The number of carboxylic acid groups (broad SMARTS) is 1. The van der Waals surface area contributed by atoms with Crippen molar-refractivity contribution in [2.24, 2.45) is 0 Å². The number of amides is 1. The summed E-state index contributed by atoms with van der Waals surface area (Å²) in [6.07, 6.45) is -1.82. The van der Waals surface area contributed by atoms with Crippen LogP contribution in [-0.2, 0) is 10.0 Å². The van der Waals surface area contributed by atoms with Crippen LogP contribution in [-0.4, -0.2) is 24.6 Å². The number of nitrogens with zero attached hydrogens (tertiary/aromatic N) is 2. The van der Waals surface area contributed by atoms with Gasteiger partial charge in [-0.2, -0.15) is 0 Å². The molecule has 1 amide bonds. The second kappa shape index (κ2) is 8.88. The van der Waals surface area contributed by atoms with Crippen molar-refractivity contribution in [1.29, 1.82) is 0 Å². The van der Waals surface area contributed by atoms with Crippen molar-refractivity contribution in [3.05, 3.63) is 68.2 Å². The van der Waals surface area contributed by atoms with E-state index in [0.29, 0.717) is 0 Å². The number of halogens is 3. The summed E-state index contributed by atoms with van der Waals surface area (Å²) in [7, 11) is -4.79. The third kappa shape index (κ3) is 4.59. The Balaban J connectivity index is 1.97. The summed E-state index contributed by atoms with van der Waals surface area (Å²) in [5, 5.41) is 13.5. The quantitative estimate of drug-likeness (QED) is 0.418. The molecule has 1 heterocycles. The summed E-state index contributed by atoms with van der Waals surface area (Å²) in [5.74, 6) is -1.50. The molecule has 12 heteroatoms. The molecular formula is C18H14BrClFN3O4S2.